The lowest BCUT2D eigenvalue weighted by Crippen LogP contribution is -2.36. The van der Waals surface area contributed by atoms with Crippen LogP contribution >= 0.6 is 0 Å². The zero-order valence-electron chi connectivity index (χ0n) is 25.2. The quantitative estimate of drug-likeness (QED) is 0.190. The molecule has 0 radical (unpaired) electrons. The van der Waals surface area contributed by atoms with Crippen molar-refractivity contribution < 1.29 is 9.53 Å². The van der Waals surface area contributed by atoms with E-state index in [4.69, 9.17) is 4.74 Å². The summed E-state index contributed by atoms with van der Waals surface area (Å²) in [5.74, 6) is 2.29. The van der Waals surface area contributed by atoms with Crippen LogP contribution in [-0.4, -0.2) is 13.1 Å². The van der Waals surface area contributed by atoms with E-state index in [1.807, 2.05) is 0 Å². The summed E-state index contributed by atoms with van der Waals surface area (Å²) in [7, 11) is 1.57. The van der Waals surface area contributed by atoms with Crippen molar-refractivity contribution in [2.45, 2.75) is 135 Å². The standard InChI is InChI=1S/C37H54O2/c1-4-6-8-9-10-26-37(36(38)39-3)27-24-35(25-28-37)34-22-20-33(21-23-34)32-18-16-31(17-19-32)30-14-12-29(13-15-30)11-7-5-2/h16-23,29-30,35H,4-15,24-28H2,1-3H3/t29-,30-,35?,37?. The van der Waals surface area contributed by atoms with Gasteiger partial charge in [0.15, 0.2) is 0 Å². The van der Waals surface area contributed by atoms with E-state index < -0.39 is 0 Å². The maximum atomic E-state index is 12.8. The number of unbranched alkanes of at least 4 members (excludes halogenated alkanes) is 5. The van der Waals surface area contributed by atoms with E-state index in [9.17, 15) is 4.79 Å². The summed E-state index contributed by atoms with van der Waals surface area (Å²) < 4.78 is 5.30. The molecule has 0 aromatic heterocycles. The molecule has 2 aromatic rings. The van der Waals surface area contributed by atoms with Crippen LogP contribution in [0, 0.1) is 11.3 Å². The van der Waals surface area contributed by atoms with E-state index in [0.717, 1.165) is 50.4 Å². The number of hydrogen-bond acceptors (Lipinski definition) is 2. The summed E-state index contributed by atoms with van der Waals surface area (Å²) in [5.41, 5.74) is 5.33. The molecule has 0 atom stereocenters. The summed E-state index contributed by atoms with van der Waals surface area (Å²) in [6.45, 7) is 4.56. The zero-order valence-corrected chi connectivity index (χ0v) is 25.2. The Balaban J connectivity index is 1.30. The van der Waals surface area contributed by atoms with E-state index >= 15 is 0 Å². The van der Waals surface area contributed by atoms with Crippen LogP contribution < -0.4 is 0 Å². The van der Waals surface area contributed by atoms with Crippen LogP contribution in [0.3, 0.4) is 0 Å². The summed E-state index contributed by atoms with van der Waals surface area (Å²) in [6, 6.07) is 18.7. The van der Waals surface area contributed by atoms with Crippen LogP contribution in [0.1, 0.15) is 146 Å². The SMILES string of the molecule is CCCCCCCC1(C(=O)OC)CCC(c2ccc(-c3ccc([C@H]4CC[C@H](CCCC)CC4)cc3)cc2)CC1. The Morgan fingerprint density at radius 2 is 1.21 bits per heavy atom. The molecule has 0 saturated heterocycles. The van der Waals surface area contributed by atoms with Crippen molar-refractivity contribution >= 4 is 5.97 Å². The molecule has 214 valence electrons. The van der Waals surface area contributed by atoms with E-state index in [1.165, 1.54) is 92.9 Å². The van der Waals surface area contributed by atoms with Crippen molar-refractivity contribution in [3.05, 3.63) is 59.7 Å². The first-order valence-electron chi connectivity index (χ1n) is 16.4. The molecular formula is C37H54O2. The normalized spacial score (nSPS) is 25.4. The summed E-state index contributed by atoms with van der Waals surface area (Å²) in [5, 5.41) is 0. The fraction of sp³-hybridized carbons (Fsp3) is 0.649. The van der Waals surface area contributed by atoms with Gasteiger partial charge in [-0.1, -0.05) is 114 Å². The highest BCUT2D eigenvalue weighted by Gasteiger charge is 2.42. The Morgan fingerprint density at radius 1 is 0.692 bits per heavy atom. The van der Waals surface area contributed by atoms with Crippen LogP contribution in [0.25, 0.3) is 11.1 Å². The maximum Gasteiger partial charge on any atom is 0.311 e. The average Bonchev–Trinajstić information content (AvgIpc) is 3.00. The van der Waals surface area contributed by atoms with Gasteiger partial charge >= 0.3 is 5.97 Å². The van der Waals surface area contributed by atoms with Gasteiger partial charge in [0.05, 0.1) is 12.5 Å². The Labute approximate surface area is 239 Å². The minimum atomic E-state index is -0.256. The van der Waals surface area contributed by atoms with Crippen molar-refractivity contribution in [1.29, 1.82) is 0 Å². The Hall–Kier alpha value is -2.09. The largest absolute Gasteiger partial charge is 0.469 e. The Morgan fingerprint density at radius 3 is 1.72 bits per heavy atom. The number of ether oxygens (including phenoxy) is 1. The molecular weight excluding hydrogens is 476 g/mol. The van der Waals surface area contributed by atoms with E-state index in [-0.39, 0.29) is 11.4 Å². The lowest BCUT2D eigenvalue weighted by Gasteiger charge is -2.38. The third-order valence-electron chi connectivity index (χ3n) is 10.2. The molecule has 0 heterocycles. The first kappa shape index (κ1) is 29.9. The second kappa shape index (κ2) is 15.1. The molecule has 0 spiro atoms. The molecule has 2 fully saturated rings. The predicted octanol–water partition coefficient (Wildman–Crippen LogP) is 11.0. The number of carbonyl (C=O) groups excluding carboxylic acids is 1. The topological polar surface area (TPSA) is 26.3 Å². The van der Waals surface area contributed by atoms with E-state index in [0.29, 0.717) is 5.92 Å². The van der Waals surface area contributed by atoms with Crippen LogP contribution in [0.15, 0.2) is 48.5 Å². The monoisotopic (exact) mass is 530 g/mol. The Kier molecular flexibility index (Phi) is 11.5. The summed E-state index contributed by atoms with van der Waals surface area (Å²) in [6.07, 6.45) is 21.0. The van der Waals surface area contributed by atoms with Gasteiger partial charge in [-0.25, -0.2) is 0 Å². The van der Waals surface area contributed by atoms with Crippen LogP contribution in [0.2, 0.25) is 0 Å². The Bertz CT molecular complexity index is 973. The molecule has 0 amide bonds. The molecule has 2 aliphatic carbocycles. The number of carbonyl (C=O) groups is 1. The van der Waals surface area contributed by atoms with Gasteiger partial charge in [0.2, 0.25) is 0 Å². The molecule has 2 aromatic carbocycles. The molecule has 2 aliphatic rings. The third-order valence-corrected chi connectivity index (χ3v) is 10.2. The van der Waals surface area contributed by atoms with Crippen molar-refractivity contribution in [2.24, 2.45) is 11.3 Å². The number of rotatable bonds is 13. The number of methoxy groups -OCH3 is 1. The van der Waals surface area contributed by atoms with Crippen molar-refractivity contribution in [2.75, 3.05) is 7.11 Å². The molecule has 0 N–H and O–H groups in total. The second-order valence-electron chi connectivity index (χ2n) is 12.8. The van der Waals surface area contributed by atoms with Gasteiger partial charge in [-0.15, -0.1) is 0 Å². The highest BCUT2D eigenvalue weighted by molar-refractivity contribution is 5.77. The fourth-order valence-corrected chi connectivity index (χ4v) is 7.52. The van der Waals surface area contributed by atoms with Crippen LogP contribution in [0.4, 0.5) is 0 Å². The van der Waals surface area contributed by atoms with Gasteiger partial charge in [0, 0.05) is 0 Å². The first-order chi connectivity index (χ1) is 19.1. The van der Waals surface area contributed by atoms with Gasteiger partial charge < -0.3 is 4.74 Å². The molecule has 2 heteroatoms. The molecule has 4 rings (SSSR count). The molecule has 0 unspecified atom stereocenters. The van der Waals surface area contributed by atoms with E-state index in [1.54, 1.807) is 7.11 Å². The number of hydrogen-bond donors (Lipinski definition) is 0. The third kappa shape index (κ3) is 7.99. The van der Waals surface area contributed by atoms with Gasteiger partial charge in [0.25, 0.3) is 0 Å². The minimum Gasteiger partial charge on any atom is -0.469 e. The smallest absolute Gasteiger partial charge is 0.311 e. The minimum absolute atomic E-state index is 0.0276. The van der Waals surface area contributed by atoms with Crippen molar-refractivity contribution in [1.82, 2.24) is 0 Å². The van der Waals surface area contributed by atoms with Crippen molar-refractivity contribution in [3.63, 3.8) is 0 Å². The lowest BCUT2D eigenvalue weighted by molar-refractivity contribution is -0.155. The number of esters is 1. The molecule has 0 bridgehead atoms. The van der Waals surface area contributed by atoms with Gasteiger partial charge in [-0.05, 0) is 97.8 Å². The molecule has 39 heavy (non-hydrogen) atoms. The fourth-order valence-electron chi connectivity index (χ4n) is 7.52. The van der Waals surface area contributed by atoms with Gasteiger partial charge in [-0.3, -0.25) is 4.79 Å². The number of benzene rings is 2. The summed E-state index contributed by atoms with van der Waals surface area (Å²) in [4.78, 5) is 12.8. The van der Waals surface area contributed by atoms with Crippen LogP contribution in [-0.2, 0) is 9.53 Å². The summed E-state index contributed by atoms with van der Waals surface area (Å²) >= 11 is 0. The van der Waals surface area contributed by atoms with Crippen molar-refractivity contribution in [3.8, 4) is 11.1 Å². The molecule has 0 aliphatic heterocycles. The molecule has 2 nitrogen and oxygen atoms in total. The maximum absolute atomic E-state index is 12.8. The highest BCUT2D eigenvalue weighted by atomic mass is 16.5. The highest BCUT2D eigenvalue weighted by Crippen LogP contribution is 2.47. The first-order valence-corrected chi connectivity index (χ1v) is 16.4. The van der Waals surface area contributed by atoms with Crippen LogP contribution in [0.5, 0.6) is 0 Å². The second-order valence-corrected chi connectivity index (χ2v) is 12.8. The van der Waals surface area contributed by atoms with Gasteiger partial charge in [-0.2, -0.15) is 0 Å². The molecule has 2 saturated carbocycles. The van der Waals surface area contributed by atoms with Gasteiger partial charge in [0.1, 0.15) is 0 Å². The zero-order chi connectivity index (χ0) is 27.5. The predicted molar refractivity (Wildman–Crippen MR) is 165 cm³/mol. The lowest BCUT2D eigenvalue weighted by atomic mass is 9.66. The average molecular weight is 531 g/mol. The van der Waals surface area contributed by atoms with E-state index in [2.05, 4.69) is 62.4 Å².